The summed E-state index contributed by atoms with van der Waals surface area (Å²) in [7, 11) is -4.48. The summed E-state index contributed by atoms with van der Waals surface area (Å²) in [5.74, 6) is -0.705. The number of aromatic amines is 1. The molecule has 0 aliphatic carbocycles. The molecule has 7 atom stereocenters. The number of aromatic nitrogens is 2. The molecule has 1 aliphatic rings. The molecule has 0 radical (unpaired) electrons. The number of hydrogen-bond donors (Lipinski definition) is 1. The van der Waals surface area contributed by atoms with E-state index >= 15 is 0 Å². The lowest BCUT2D eigenvalue weighted by Gasteiger charge is -2.40. The van der Waals surface area contributed by atoms with Gasteiger partial charge in [0.05, 0.1) is 31.1 Å². The van der Waals surface area contributed by atoms with E-state index in [9.17, 15) is 18.9 Å². The lowest BCUT2D eigenvalue weighted by molar-refractivity contribution is -0.159. The molecule has 286 valence electrons. The van der Waals surface area contributed by atoms with E-state index in [0.29, 0.717) is 0 Å². The van der Waals surface area contributed by atoms with Gasteiger partial charge in [-0.2, -0.15) is 0 Å². The van der Waals surface area contributed by atoms with E-state index in [-0.39, 0.29) is 44.0 Å². The van der Waals surface area contributed by atoms with Gasteiger partial charge in [0.15, 0.2) is 6.23 Å². The minimum absolute atomic E-state index is 0.0402. The summed E-state index contributed by atoms with van der Waals surface area (Å²) in [5, 5.41) is 0. The summed E-state index contributed by atoms with van der Waals surface area (Å²) in [6.07, 6.45) is -5.74. The standard InChI is InChI=1S/C32H56N4O12P2/c1-19(2)36(20(3)4)49(43-15-14-33-12)46-28-27(26(44-25(11)37)24(10)50(40,47-21(5)6)48-22(7)8)45-31(29(28)42-17-16-41-13)35-18-23(9)30(38)34-32(35)39/h18-22,24,26-29,31H,14-17H2,1-11,13H3,(H,34,38,39)/t24-,26-,27-,28-,29-,31-,49?/m1/s1. The fraction of sp³-hybridized carbons (Fsp3) is 0.812. The SMILES string of the molecule is [C-]#[N+]CCOP(O[C@@H]1[C@@H]([C@H](OC(C)=O)[C@@H](C)P(=O)(OC(C)C)OC(C)C)O[C@@H](n2cc(C)c(=O)[nH]c2=O)[C@@H]1OCCOC)N(C(C)C)C(C)C. The number of rotatable bonds is 21. The van der Waals surface area contributed by atoms with E-state index in [0.717, 1.165) is 0 Å². The number of nitrogens with one attached hydrogen (secondary N) is 1. The van der Waals surface area contributed by atoms with Gasteiger partial charge in [-0.15, -0.1) is 0 Å². The summed E-state index contributed by atoms with van der Waals surface area (Å²) in [6, 6.07) is -0.157. The van der Waals surface area contributed by atoms with E-state index < -0.39 is 81.9 Å². The van der Waals surface area contributed by atoms with Crippen molar-refractivity contribution in [3.63, 3.8) is 0 Å². The largest absolute Gasteiger partial charge is 0.459 e. The average molecular weight is 751 g/mol. The van der Waals surface area contributed by atoms with E-state index in [1.165, 1.54) is 31.7 Å². The molecule has 1 aliphatic heterocycles. The van der Waals surface area contributed by atoms with Crippen molar-refractivity contribution in [1.82, 2.24) is 14.2 Å². The highest BCUT2D eigenvalue weighted by molar-refractivity contribution is 7.54. The second-order valence-electron chi connectivity index (χ2n) is 13.1. The van der Waals surface area contributed by atoms with Gasteiger partial charge < -0.3 is 41.9 Å². The lowest BCUT2D eigenvalue weighted by atomic mass is 10.0. The number of nitrogens with zero attached hydrogens (tertiary/aromatic N) is 3. The zero-order valence-electron chi connectivity index (χ0n) is 31.3. The third-order valence-electron chi connectivity index (χ3n) is 7.42. The van der Waals surface area contributed by atoms with Gasteiger partial charge in [0.25, 0.3) is 14.1 Å². The molecule has 2 rings (SSSR count). The highest BCUT2D eigenvalue weighted by Gasteiger charge is 2.57. The molecule has 1 N–H and O–H groups in total. The van der Waals surface area contributed by atoms with Gasteiger partial charge in [-0.05, 0) is 69.2 Å². The number of hydrogen-bond acceptors (Lipinski definition) is 13. The maximum Gasteiger partial charge on any atom is 0.337 e. The third kappa shape index (κ3) is 12.0. The van der Waals surface area contributed by atoms with Crippen LogP contribution in [-0.4, -0.2) is 108 Å². The Morgan fingerprint density at radius 2 is 1.64 bits per heavy atom. The predicted molar refractivity (Wildman–Crippen MR) is 188 cm³/mol. The Labute approximate surface area is 296 Å². The highest BCUT2D eigenvalue weighted by atomic mass is 31.2. The zero-order valence-corrected chi connectivity index (χ0v) is 33.1. The molecule has 2 heterocycles. The van der Waals surface area contributed by atoms with Gasteiger partial charge in [-0.25, -0.2) is 16.0 Å². The predicted octanol–water partition coefficient (Wildman–Crippen LogP) is 4.80. The van der Waals surface area contributed by atoms with Crippen LogP contribution in [0.5, 0.6) is 0 Å². The Morgan fingerprint density at radius 1 is 1.04 bits per heavy atom. The molecule has 1 unspecified atom stereocenters. The zero-order chi connectivity index (χ0) is 37.9. The van der Waals surface area contributed by atoms with Crippen LogP contribution in [0, 0.1) is 13.5 Å². The van der Waals surface area contributed by atoms with Gasteiger partial charge in [0, 0.05) is 37.9 Å². The van der Waals surface area contributed by atoms with Crippen LogP contribution in [0.2, 0.25) is 0 Å². The van der Waals surface area contributed by atoms with Gasteiger partial charge in [-0.3, -0.25) is 23.7 Å². The van der Waals surface area contributed by atoms with Crippen molar-refractivity contribution in [3.8, 4) is 0 Å². The van der Waals surface area contributed by atoms with Crippen LogP contribution in [-0.2, 0) is 46.4 Å². The van der Waals surface area contributed by atoms with Gasteiger partial charge >= 0.3 is 19.3 Å². The van der Waals surface area contributed by atoms with Crippen molar-refractivity contribution in [1.29, 1.82) is 0 Å². The summed E-state index contributed by atoms with van der Waals surface area (Å²) in [5.41, 5.74) is -2.23. The van der Waals surface area contributed by atoms with Crippen LogP contribution in [0.1, 0.15) is 81.0 Å². The van der Waals surface area contributed by atoms with Crippen LogP contribution in [0.3, 0.4) is 0 Å². The van der Waals surface area contributed by atoms with Gasteiger partial charge in [0.1, 0.15) is 31.0 Å². The molecule has 1 aromatic heterocycles. The molecular weight excluding hydrogens is 694 g/mol. The first kappa shape index (κ1) is 44.1. The number of ether oxygens (including phenoxy) is 4. The van der Waals surface area contributed by atoms with Crippen molar-refractivity contribution >= 4 is 22.1 Å². The Bertz CT molecular complexity index is 1410. The first-order valence-corrected chi connectivity index (χ1v) is 19.6. The maximum atomic E-state index is 14.6. The van der Waals surface area contributed by atoms with E-state index in [1.807, 2.05) is 32.4 Å². The van der Waals surface area contributed by atoms with E-state index in [1.54, 1.807) is 34.6 Å². The van der Waals surface area contributed by atoms with Crippen LogP contribution in [0.15, 0.2) is 15.8 Å². The molecule has 1 saturated heterocycles. The Kier molecular flexibility index (Phi) is 17.9. The third-order valence-corrected chi connectivity index (χ3v) is 12.3. The first-order chi connectivity index (χ1) is 23.4. The van der Waals surface area contributed by atoms with Crippen molar-refractivity contribution in [2.45, 2.75) is 137 Å². The van der Waals surface area contributed by atoms with Crippen LogP contribution < -0.4 is 11.2 Å². The van der Waals surface area contributed by atoms with Crippen molar-refractivity contribution in [2.75, 3.05) is 33.5 Å². The van der Waals surface area contributed by atoms with Crippen LogP contribution >= 0.6 is 16.1 Å². The highest BCUT2D eigenvalue weighted by Crippen LogP contribution is 2.58. The molecule has 0 bridgehead atoms. The maximum absolute atomic E-state index is 14.6. The normalized spacial score (nSPS) is 21.7. The number of esters is 1. The number of methoxy groups -OCH3 is 1. The smallest absolute Gasteiger partial charge is 0.337 e. The minimum Gasteiger partial charge on any atom is -0.459 e. The van der Waals surface area contributed by atoms with Gasteiger partial charge in [0.2, 0.25) is 6.54 Å². The number of carbonyl (C=O) groups excluding carboxylic acids is 1. The van der Waals surface area contributed by atoms with Gasteiger partial charge in [-0.1, -0.05) is 0 Å². The molecule has 18 heteroatoms. The summed E-state index contributed by atoms with van der Waals surface area (Å²) in [4.78, 5) is 44.2. The molecule has 0 aromatic carbocycles. The summed E-state index contributed by atoms with van der Waals surface area (Å²) >= 11 is 0. The monoisotopic (exact) mass is 750 g/mol. The molecule has 0 saturated carbocycles. The molecule has 0 spiro atoms. The summed E-state index contributed by atoms with van der Waals surface area (Å²) < 4.78 is 66.8. The fourth-order valence-electron chi connectivity index (χ4n) is 5.50. The van der Waals surface area contributed by atoms with E-state index in [2.05, 4.69) is 9.83 Å². The van der Waals surface area contributed by atoms with E-state index in [4.69, 9.17) is 43.6 Å². The average Bonchev–Trinajstić information content (AvgIpc) is 3.33. The molecule has 50 heavy (non-hydrogen) atoms. The topological polar surface area (TPSA) is 170 Å². The molecule has 16 nitrogen and oxygen atoms in total. The molecule has 1 aromatic rings. The minimum atomic E-state index is -4.04. The molecule has 1 fully saturated rings. The Morgan fingerprint density at radius 3 is 2.14 bits per heavy atom. The fourth-order valence-corrected chi connectivity index (χ4v) is 9.45. The molecular formula is C32H56N4O12P2. The lowest BCUT2D eigenvalue weighted by Crippen LogP contribution is -2.49. The van der Waals surface area contributed by atoms with Crippen LogP contribution in [0.4, 0.5) is 0 Å². The van der Waals surface area contributed by atoms with Crippen molar-refractivity contribution in [3.05, 3.63) is 44.0 Å². The van der Waals surface area contributed by atoms with Crippen molar-refractivity contribution in [2.24, 2.45) is 0 Å². The summed E-state index contributed by atoms with van der Waals surface area (Å²) in [6.45, 7) is 26.7. The second kappa shape index (κ2) is 20.3. The number of carbonyl (C=O) groups is 1. The molecule has 0 amide bonds. The first-order valence-electron chi connectivity index (χ1n) is 16.8. The Hall–Kier alpha value is -2.02. The van der Waals surface area contributed by atoms with Crippen molar-refractivity contribution < 1.29 is 46.4 Å². The van der Waals surface area contributed by atoms with Crippen LogP contribution in [0.25, 0.3) is 4.85 Å². The number of H-pyrrole nitrogens is 1. The second-order valence-corrected chi connectivity index (χ2v) is 16.8. The Balaban J connectivity index is 2.92. The number of aryl methyl sites for hydroxylation is 1. The quantitative estimate of drug-likeness (QED) is 0.0787.